The van der Waals surface area contributed by atoms with Gasteiger partial charge >= 0.3 is 0 Å². The number of benzene rings is 2. The van der Waals surface area contributed by atoms with Crippen molar-refractivity contribution in [1.82, 2.24) is 5.32 Å². The van der Waals surface area contributed by atoms with Crippen LogP contribution in [0.3, 0.4) is 0 Å². The summed E-state index contributed by atoms with van der Waals surface area (Å²) in [5, 5.41) is 24.5. The summed E-state index contributed by atoms with van der Waals surface area (Å²) in [5.74, 6) is 1.47. The van der Waals surface area contributed by atoms with Crippen LogP contribution in [0.2, 0.25) is 0 Å². The van der Waals surface area contributed by atoms with E-state index in [4.69, 9.17) is 14.9 Å². The summed E-state index contributed by atoms with van der Waals surface area (Å²) in [6, 6.07) is 16.0. The van der Waals surface area contributed by atoms with Crippen LogP contribution in [-0.2, 0) is 6.42 Å². The van der Waals surface area contributed by atoms with Crippen LogP contribution in [0.4, 0.5) is 5.69 Å². The zero-order valence-electron chi connectivity index (χ0n) is 14.0. The number of guanidine groups is 1. The molecule has 0 fully saturated rings. The average Bonchev–Trinajstić information content (AvgIpc) is 3.16. The lowest BCUT2D eigenvalue weighted by Gasteiger charge is -2.14. The van der Waals surface area contributed by atoms with E-state index in [1.807, 2.05) is 36.4 Å². The van der Waals surface area contributed by atoms with Gasteiger partial charge in [-0.3, -0.25) is 4.99 Å². The lowest BCUT2D eigenvalue weighted by molar-refractivity contribution is 0.0629. The predicted molar refractivity (Wildman–Crippen MR) is 98.2 cm³/mol. The highest BCUT2D eigenvalue weighted by molar-refractivity contribution is 5.94. The first-order valence-electron chi connectivity index (χ1n) is 8.38. The summed E-state index contributed by atoms with van der Waals surface area (Å²) in [5.41, 5.74) is 3.39. The number of aliphatic imine (C=N–C) groups is 1. The van der Waals surface area contributed by atoms with Crippen LogP contribution in [0.15, 0.2) is 53.5 Å². The molecule has 1 aliphatic heterocycles. The number of nitrogens with zero attached hydrogens (tertiary/aromatic N) is 1. The number of aliphatic hydroxyl groups excluding tert-OH is 2. The van der Waals surface area contributed by atoms with Crippen LogP contribution in [-0.4, -0.2) is 48.6 Å². The van der Waals surface area contributed by atoms with Gasteiger partial charge in [-0.25, -0.2) is 0 Å². The fourth-order valence-corrected chi connectivity index (χ4v) is 2.57. The Bertz CT molecular complexity index is 695. The number of ether oxygens (including phenoxy) is 1. The number of rotatable bonds is 7. The number of hydrogen-bond donors (Lipinski definition) is 4. The zero-order valence-corrected chi connectivity index (χ0v) is 14.0. The number of nitrogens with one attached hydrogen (secondary N) is 2. The van der Waals surface area contributed by atoms with Crippen LogP contribution >= 0.6 is 0 Å². The van der Waals surface area contributed by atoms with Crippen LogP contribution in [0.25, 0.3) is 0 Å². The Morgan fingerprint density at radius 1 is 1.00 bits per heavy atom. The molecular weight excluding hydrogens is 318 g/mol. The Balaban J connectivity index is 1.56. The largest absolute Gasteiger partial charge is 0.486 e. The van der Waals surface area contributed by atoms with Gasteiger partial charge in [-0.15, -0.1) is 0 Å². The molecule has 4 N–H and O–H groups in total. The molecule has 2 aromatic rings. The van der Waals surface area contributed by atoms with E-state index in [-0.39, 0.29) is 13.2 Å². The molecule has 0 amide bonds. The third-order valence-electron chi connectivity index (χ3n) is 3.93. The first kappa shape index (κ1) is 17.3. The maximum Gasteiger partial charge on any atom is 0.195 e. The van der Waals surface area contributed by atoms with Gasteiger partial charge in [0.1, 0.15) is 11.9 Å². The van der Waals surface area contributed by atoms with E-state index in [0.29, 0.717) is 5.75 Å². The number of anilines is 1. The van der Waals surface area contributed by atoms with Gasteiger partial charge in [0.05, 0.1) is 19.8 Å². The standard InChI is InChI=1S/C19H23N3O3/c23-12-18(13-24)25-17-7-3-15(4-8-17)11-14-1-5-16(6-2-14)22-19-20-9-10-21-19/h1-8,18,23-24H,9-13H2,(H2,20,21,22). The first-order chi connectivity index (χ1) is 12.3. The molecule has 0 atom stereocenters. The summed E-state index contributed by atoms with van der Waals surface area (Å²) < 4.78 is 5.47. The fourth-order valence-electron chi connectivity index (χ4n) is 2.57. The van der Waals surface area contributed by atoms with Gasteiger partial charge in [-0.05, 0) is 41.8 Å². The average molecular weight is 341 g/mol. The molecule has 6 nitrogen and oxygen atoms in total. The monoisotopic (exact) mass is 341 g/mol. The molecule has 6 heteroatoms. The maximum absolute atomic E-state index is 9.05. The molecule has 0 bridgehead atoms. The quantitative estimate of drug-likeness (QED) is 0.611. The first-order valence-corrected chi connectivity index (χ1v) is 8.38. The number of aliphatic hydroxyl groups is 2. The van der Waals surface area contributed by atoms with E-state index in [1.165, 1.54) is 11.1 Å². The highest BCUT2D eigenvalue weighted by atomic mass is 16.5. The molecule has 0 radical (unpaired) electrons. The maximum atomic E-state index is 9.05. The minimum Gasteiger partial charge on any atom is -0.486 e. The lowest BCUT2D eigenvalue weighted by atomic mass is 10.0. The van der Waals surface area contributed by atoms with Gasteiger partial charge < -0.3 is 25.6 Å². The van der Waals surface area contributed by atoms with Gasteiger partial charge in [0.2, 0.25) is 0 Å². The number of hydrogen-bond acceptors (Lipinski definition) is 6. The van der Waals surface area contributed by atoms with Crippen molar-refractivity contribution in [3.8, 4) is 5.75 Å². The summed E-state index contributed by atoms with van der Waals surface area (Å²) >= 11 is 0. The topological polar surface area (TPSA) is 86.1 Å². The summed E-state index contributed by atoms with van der Waals surface area (Å²) in [4.78, 5) is 4.31. The van der Waals surface area contributed by atoms with E-state index in [1.54, 1.807) is 0 Å². The molecule has 0 aromatic heterocycles. The molecule has 1 aliphatic rings. The molecule has 0 aliphatic carbocycles. The minimum absolute atomic E-state index is 0.208. The van der Waals surface area contributed by atoms with Crippen molar-refractivity contribution in [2.24, 2.45) is 4.99 Å². The van der Waals surface area contributed by atoms with Crippen molar-refractivity contribution in [3.05, 3.63) is 59.7 Å². The molecule has 0 spiro atoms. The molecule has 25 heavy (non-hydrogen) atoms. The Kier molecular flexibility index (Phi) is 5.87. The molecule has 1 heterocycles. The Morgan fingerprint density at radius 2 is 1.64 bits per heavy atom. The highest BCUT2D eigenvalue weighted by Crippen LogP contribution is 2.18. The molecule has 0 unspecified atom stereocenters. The normalized spacial score (nSPS) is 13.5. The summed E-state index contributed by atoms with van der Waals surface area (Å²) in [6.45, 7) is 1.29. The second kappa shape index (κ2) is 8.50. The van der Waals surface area contributed by atoms with Crippen molar-refractivity contribution in [1.29, 1.82) is 0 Å². The van der Waals surface area contributed by atoms with E-state index < -0.39 is 6.10 Å². The summed E-state index contributed by atoms with van der Waals surface area (Å²) in [7, 11) is 0. The second-order valence-electron chi connectivity index (χ2n) is 5.90. The molecule has 2 aromatic carbocycles. The van der Waals surface area contributed by atoms with Gasteiger partial charge in [-0.2, -0.15) is 0 Å². The van der Waals surface area contributed by atoms with Crippen molar-refractivity contribution < 1.29 is 14.9 Å². The molecule has 0 saturated heterocycles. The van der Waals surface area contributed by atoms with Crippen molar-refractivity contribution >= 4 is 11.6 Å². The van der Waals surface area contributed by atoms with Crippen molar-refractivity contribution in [3.63, 3.8) is 0 Å². The van der Waals surface area contributed by atoms with Gasteiger partial charge in [0.25, 0.3) is 0 Å². The highest BCUT2D eigenvalue weighted by Gasteiger charge is 2.08. The van der Waals surface area contributed by atoms with Crippen LogP contribution in [0.1, 0.15) is 11.1 Å². The van der Waals surface area contributed by atoms with E-state index in [2.05, 4.69) is 27.8 Å². The third-order valence-corrected chi connectivity index (χ3v) is 3.93. The van der Waals surface area contributed by atoms with Crippen LogP contribution < -0.4 is 15.4 Å². The summed E-state index contributed by atoms with van der Waals surface area (Å²) in [6.07, 6.45) is 0.244. The fraction of sp³-hybridized carbons (Fsp3) is 0.316. The lowest BCUT2D eigenvalue weighted by Crippen LogP contribution is -2.26. The van der Waals surface area contributed by atoms with E-state index >= 15 is 0 Å². The minimum atomic E-state index is -0.579. The smallest absolute Gasteiger partial charge is 0.195 e. The van der Waals surface area contributed by atoms with Crippen LogP contribution in [0, 0.1) is 0 Å². The Labute approximate surface area is 147 Å². The SMILES string of the molecule is OCC(CO)Oc1ccc(Cc2ccc(NC3=NCCN3)cc2)cc1. The third kappa shape index (κ3) is 4.95. The molecule has 0 saturated carbocycles. The van der Waals surface area contributed by atoms with Gasteiger partial charge in [-0.1, -0.05) is 24.3 Å². The molecular formula is C19H23N3O3. The zero-order chi connectivity index (χ0) is 17.5. The van der Waals surface area contributed by atoms with Crippen molar-refractivity contribution in [2.45, 2.75) is 12.5 Å². The molecule has 3 rings (SSSR count). The van der Waals surface area contributed by atoms with Crippen molar-refractivity contribution in [2.75, 3.05) is 31.6 Å². The predicted octanol–water partition coefficient (Wildman–Crippen LogP) is 1.38. The van der Waals surface area contributed by atoms with E-state index in [0.717, 1.165) is 31.2 Å². The Morgan fingerprint density at radius 3 is 2.20 bits per heavy atom. The second-order valence-corrected chi connectivity index (χ2v) is 5.90. The van der Waals surface area contributed by atoms with Crippen LogP contribution in [0.5, 0.6) is 5.75 Å². The Hall–Kier alpha value is -2.57. The van der Waals surface area contributed by atoms with Gasteiger partial charge in [0, 0.05) is 12.2 Å². The van der Waals surface area contributed by atoms with E-state index in [9.17, 15) is 0 Å². The molecule has 132 valence electrons. The van der Waals surface area contributed by atoms with Gasteiger partial charge in [0.15, 0.2) is 5.96 Å².